The number of nitrogens with zero attached hydrogens (tertiary/aromatic N) is 2. The lowest BCUT2D eigenvalue weighted by molar-refractivity contribution is -0.136. The van der Waals surface area contributed by atoms with Crippen LogP contribution in [0.1, 0.15) is 39.0 Å². The van der Waals surface area contributed by atoms with E-state index in [0.29, 0.717) is 19.4 Å². The minimum absolute atomic E-state index is 0. The summed E-state index contributed by atoms with van der Waals surface area (Å²) in [5, 5.41) is 2.47. The fourth-order valence-electron chi connectivity index (χ4n) is 3.03. The van der Waals surface area contributed by atoms with Crippen LogP contribution in [0.15, 0.2) is 0 Å². The van der Waals surface area contributed by atoms with Crippen molar-refractivity contribution in [3.63, 3.8) is 0 Å². The van der Waals surface area contributed by atoms with Crippen molar-refractivity contribution >= 4 is 30.3 Å². The lowest BCUT2D eigenvalue weighted by Crippen LogP contribution is -2.51. The number of hydrogen-bond acceptors (Lipinski definition) is 4. The fourth-order valence-corrected chi connectivity index (χ4v) is 3.03. The summed E-state index contributed by atoms with van der Waals surface area (Å²) in [4.78, 5) is 38.2. The minimum atomic E-state index is -0.362. The van der Waals surface area contributed by atoms with E-state index in [1.807, 2.05) is 11.8 Å². The average molecular weight is 333 g/mol. The molecule has 2 saturated heterocycles. The summed E-state index contributed by atoms with van der Waals surface area (Å²) in [5.74, 6) is -0.150. The fraction of sp³-hybridized carbons (Fsp3) is 0.786. The predicted octanol–water partition coefficient (Wildman–Crippen LogP) is 0.468. The van der Waals surface area contributed by atoms with Crippen LogP contribution in [0.3, 0.4) is 0 Å². The van der Waals surface area contributed by atoms with E-state index >= 15 is 0 Å². The number of likely N-dealkylation sites (tertiary alicyclic amines) is 1. The molecule has 2 atom stereocenters. The van der Waals surface area contributed by atoms with Crippen molar-refractivity contribution in [1.29, 1.82) is 0 Å². The Morgan fingerprint density at radius 3 is 2.73 bits per heavy atom. The van der Waals surface area contributed by atoms with Gasteiger partial charge in [0.25, 0.3) is 0 Å². The van der Waals surface area contributed by atoms with Crippen LogP contribution < -0.4 is 11.1 Å². The molecule has 0 bridgehead atoms. The maximum absolute atomic E-state index is 12.3. The van der Waals surface area contributed by atoms with Crippen molar-refractivity contribution in [2.24, 2.45) is 5.73 Å². The standard InChI is InChI=1S/C14H24N4O3.ClH/c1-10(15)11-5-2-3-7-17(11)12(19)6-4-8-18-13(20)9-16-14(18)21;/h10-11H,2-9,15H2,1H3,(H,16,21);1H. The highest BCUT2D eigenvalue weighted by atomic mass is 35.5. The summed E-state index contributed by atoms with van der Waals surface area (Å²) in [5.41, 5.74) is 5.96. The molecule has 2 fully saturated rings. The number of piperidine rings is 1. The SMILES string of the molecule is CC(N)C1CCCCN1C(=O)CCCN1C(=O)CNC1=O.Cl. The highest BCUT2D eigenvalue weighted by Gasteiger charge is 2.30. The molecule has 0 saturated carbocycles. The van der Waals surface area contributed by atoms with Crippen molar-refractivity contribution in [3.8, 4) is 0 Å². The number of carbonyl (C=O) groups excluding carboxylic acids is 3. The third-order valence-corrected chi connectivity index (χ3v) is 4.19. The van der Waals surface area contributed by atoms with Gasteiger partial charge in [0, 0.05) is 31.6 Å². The molecule has 4 amide bonds. The summed E-state index contributed by atoms with van der Waals surface area (Å²) in [7, 11) is 0. The number of nitrogens with one attached hydrogen (secondary N) is 1. The smallest absolute Gasteiger partial charge is 0.324 e. The molecule has 0 spiro atoms. The molecule has 3 N–H and O–H groups in total. The van der Waals surface area contributed by atoms with E-state index in [0.717, 1.165) is 25.8 Å². The topological polar surface area (TPSA) is 95.7 Å². The number of amides is 4. The second-order valence-corrected chi connectivity index (χ2v) is 5.82. The molecule has 22 heavy (non-hydrogen) atoms. The largest absolute Gasteiger partial charge is 0.338 e. The van der Waals surface area contributed by atoms with Gasteiger partial charge >= 0.3 is 6.03 Å². The van der Waals surface area contributed by atoms with Crippen LogP contribution >= 0.6 is 12.4 Å². The number of imide groups is 1. The Morgan fingerprint density at radius 1 is 1.41 bits per heavy atom. The van der Waals surface area contributed by atoms with E-state index in [1.165, 1.54) is 4.90 Å². The van der Waals surface area contributed by atoms with E-state index in [-0.39, 0.29) is 48.9 Å². The zero-order chi connectivity index (χ0) is 15.4. The quantitative estimate of drug-likeness (QED) is 0.715. The highest BCUT2D eigenvalue weighted by molar-refractivity contribution is 6.01. The molecule has 0 aromatic rings. The predicted molar refractivity (Wildman–Crippen MR) is 84.6 cm³/mol. The Kier molecular flexibility index (Phi) is 7.09. The van der Waals surface area contributed by atoms with E-state index in [9.17, 15) is 14.4 Å². The summed E-state index contributed by atoms with van der Waals surface area (Å²) in [6.07, 6.45) is 3.93. The van der Waals surface area contributed by atoms with Crippen molar-refractivity contribution in [2.45, 2.75) is 51.1 Å². The molecular formula is C14H25ClN4O3. The van der Waals surface area contributed by atoms with Crippen molar-refractivity contribution in [1.82, 2.24) is 15.1 Å². The molecule has 2 aliphatic rings. The molecule has 126 valence electrons. The lowest BCUT2D eigenvalue weighted by Gasteiger charge is -2.38. The van der Waals surface area contributed by atoms with E-state index in [4.69, 9.17) is 5.73 Å². The van der Waals surface area contributed by atoms with Crippen molar-refractivity contribution in [3.05, 3.63) is 0 Å². The molecule has 0 radical (unpaired) electrons. The molecule has 0 aliphatic carbocycles. The summed E-state index contributed by atoms with van der Waals surface area (Å²) < 4.78 is 0. The molecular weight excluding hydrogens is 308 g/mol. The molecule has 2 rings (SSSR count). The highest BCUT2D eigenvalue weighted by Crippen LogP contribution is 2.20. The summed E-state index contributed by atoms with van der Waals surface area (Å²) >= 11 is 0. The molecule has 8 heteroatoms. The Bertz CT molecular complexity index is 414. The number of carbonyl (C=O) groups is 3. The average Bonchev–Trinajstić information content (AvgIpc) is 2.78. The van der Waals surface area contributed by atoms with Gasteiger partial charge in [-0.05, 0) is 32.6 Å². The monoisotopic (exact) mass is 332 g/mol. The third-order valence-electron chi connectivity index (χ3n) is 4.19. The van der Waals surface area contributed by atoms with Crippen LogP contribution in [-0.2, 0) is 9.59 Å². The summed E-state index contributed by atoms with van der Waals surface area (Å²) in [6, 6.07) is -0.276. The van der Waals surface area contributed by atoms with E-state index in [2.05, 4.69) is 5.32 Å². The molecule has 2 unspecified atom stereocenters. The van der Waals surface area contributed by atoms with Gasteiger partial charge in [-0.2, -0.15) is 0 Å². The Hall–Kier alpha value is -1.34. The first kappa shape index (κ1) is 18.7. The van der Waals surface area contributed by atoms with Crippen LogP contribution in [-0.4, -0.2) is 59.4 Å². The van der Waals surface area contributed by atoms with Crippen molar-refractivity contribution in [2.75, 3.05) is 19.6 Å². The second-order valence-electron chi connectivity index (χ2n) is 5.82. The van der Waals surface area contributed by atoms with Crippen LogP contribution in [0.25, 0.3) is 0 Å². The second kappa shape index (κ2) is 8.33. The zero-order valence-corrected chi connectivity index (χ0v) is 13.7. The van der Waals surface area contributed by atoms with Crippen LogP contribution in [0, 0.1) is 0 Å². The first-order chi connectivity index (χ1) is 10.0. The van der Waals surface area contributed by atoms with Gasteiger partial charge in [-0.25, -0.2) is 4.79 Å². The van der Waals surface area contributed by atoms with Crippen LogP contribution in [0.5, 0.6) is 0 Å². The Morgan fingerprint density at radius 2 is 2.14 bits per heavy atom. The van der Waals surface area contributed by atoms with Gasteiger partial charge in [-0.3, -0.25) is 14.5 Å². The maximum atomic E-state index is 12.3. The van der Waals surface area contributed by atoms with Gasteiger partial charge < -0.3 is 16.0 Å². The minimum Gasteiger partial charge on any atom is -0.338 e. The third kappa shape index (κ3) is 4.33. The summed E-state index contributed by atoms with van der Waals surface area (Å²) in [6.45, 7) is 3.05. The van der Waals surface area contributed by atoms with Crippen molar-refractivity contribution < 1.29 is 14.4 Å². The molecule has 2 aliphatic heterocycles. The number of urea groups is 1. The molecule has 0 aromatic heterocycles. The van der Waals surface area contributed by atoms with Gasteiger partial charge in [-0.1, -0.05) is 0 Å². The Balaban J connectivity index is 0.00000242. The van der Waals surface area contributed by atoms with E-state index < -0.39 is 0 Å². The van der Waals surface area contributed by atoms with E-state index in [1.54, 1.807) is 0 Å². The normalized spacial score (nSPS) is 23.1. The lowest BCUT2D eigenvalue weighted by atomic mass is 9.96. The maximum Gasteiger partial charge on any atom is 0.324 e. The van der Waals surface area contributed by atoms with Gasteiger partial charge in [0.2, 0.25) is 11.8 Å². The number of hydrogen-bond donors (Lipinski definition) is 2. The van der Waals surface area contributed by atoms with Gasteiger partial charge in [0.05, 0.1) is 6.54 Å². The van der Waals surface area contributed by atoms with Crippen LogP contribution in [0.4, 0.5) is 4.79 Å². The Labute approximate surface area is 137 Å². The first-order valence-electron chi connectivity index (χ1n) is 7.64. The number of nitrogens with two attached hydrogens (primary N) is 1. The number of halogens is 1. The first-order valence-corrected chi connectivity index (χ1v) is 7.64. The van der Waals surface area contributed by atoms with Gasteiger partial charge in [0.15, 0.2) is 0 Å². The number of rotatable bonds is 5. The molecule has 7 nitrogen and oxygen atoms in total. The molecule has 0 aromatic carbocycles. The van der Waals surface area contributed by atoms with Crippen LogP contribution in [0.2, 0.25) is 0 Å². The van der Waals surface area contributed by atoms with Gasteiger partial charge in [-0.15, -0.1) is 12.4 Å². The van der Waals surface area contributed by atoms with Gasteiger partial charge in [0.1, 0.15) is 0 Å². The zero-order valence-electron chi connectivity index (χ0n) is 12.9. The molecule has 2 heterocycles.